The summed E-state index contributed by atoms with van der Waals surface area (Å²) >= 11 is 0. The van der Waals surface area contributed by atoms with Gasteiger partial charge in [-0.25, -0.2) is 0 Å². The van der Waals surface area contributed by atoms with Crippen LogP contribution in [0, 0.1) is 10.1 Å². The van der Waals surface area contributed by atoms with E-state index >= 15 is 0 Å². The zero-order valence-corrected chi connectivity index (χ0v) is 13.8. The van der Waals surface area contributed by atoms with E-state index < -0.39 is 10.6 Å². The van der Waals surface area contributed by atoms with Crippen LogP contribution in [0.2, 0.25) is 0 Å². The first-order chi connectivity index (χ1) is 12.0. The lowest BCUT2D eigenvalue weighted by Crippen LogP contribution is -2.10. The van der Waals surface area contributed by atoms with Crippen molar-refractivity contribution in [3.05, 3.63) is 41.0 Å². The van der Waals surface area contributed by atoms with E-state index in [4.69, 9.17) is 15.2 Å². The van der Waals surface area contributed by atoms with Crippen molar-refractivity contribution in [1.29, 1.82) is 0 Å². The van der Waals surface area contributed by atoms with E-state index in [1.807, 2.05) is 0 Å². The average Bonchev–Trinajstić information content (AvgIpc) is 2.59. The molecule has 0 amide bonds. The van der Waals surface area contributed by atoms with Crippen LogP contribution >= 0.6 is 0 Å². The van der Waals surface area contributed by atoms with Crippen molar-refractivity contribution < 1.29 is 14.4 Å². The highest BCUT2D eigenvalue weighted by Crippen LogP contribution is 2.36. The minimum atomic E-state index is -0.651. The Hall–Kier alpha value is -3.56. The van der Waals surface area contributed by atoms with E-state index in [0.29, 0.717) is 23.7 Å². The maximum Gasteiger partial charge on any atom is 0.353 e. The molecule has 0 fully saturated rings. The summed E-state index contributed by atoms with van der Waals surface area (Å²) in [6, 6.07) is 4.98. The Labute approximate surface area is 143 Å². The Bertz CT molecular complexity index is 796. The van der Waals surface area contributed by atoms with Crippen LogP contribution in [0.15, 0.2) is 30.9 Å². The molecule has 0 aliphatic rings. The topological polar surface area (TPSA) is 137 Å². The number of nitrogens with two attached hydrogens (primary N) is 1. The molecule has 0 spiro atoms. The largest absolute Gasteiger partial charge is 0.497 e. The number of nitrogen functional groups attached to an aromatic ring is 1. The molecule has 0 saturated carbocycles. The number of benzene rings is 1. The standard InChI is InChI=1S/C15H18N6O4/c1-4-7-17-15-19-13(16)12(21(22)23)14(20-15)18-10-8-9(24-2)5-6-11(10)25-3/h4-6,8H,1,7H2,2-3H3,(H4,16,17,18,19,20). The van der Waals surface area contributed by atoms with Gasteiger partial charge in [0, 0.05) is 12.6 Å². The van der Waals surface area contributed by atoms with Crippen molar-refractivity contribution in [1.82, 2.24) is 9.97 Å². The number of hydrogen-bond donors (Lipinski definition) is 3. The highest BCUT2D eigenvalue weighted by Gasteiger charge is 2.24. The summed E-state index contributed by atoms with van der Waals surface area (Å²) < 4.78 is 10.4. The minimum absolute atomic E-state index is 0.0735. The molecule has 1 heterocycles. The van der Waals surface area contributed by atoms with Gasteiger partial charge in [0.1, 0.15) is 11.5 Å². The highest BCUT2D eigenvalue weighted by atomic mass is 16.6. The quantitative estimate of drug-likeness (QED) is 0.373. The van der Waals surface area contributed by atoms with Gasteiger partial charge in [-0.05, 0) is 12.1 Å². The van der Waals surface area contributed by atoms with Crippen LogP contribution < -0.4 is 25.8 Å². The third-order valence-corrected chi connectivity index (χ3v) is 3.16. The summed E-state index contributed by atoms with van der Waals surface area (Å²) in [5.41, 5.74) is 5.71. The molecule has 0 unspecified atom stereocenters. The van der Waals surface area contributed by atoms with E-state index in [9.17, 15) is 10.1 Å². The Morgan fingerprint density at radius 1 is 1.36 bits per heavy atom. The van der Waals surface area contributed by atoms with Crippen LogP contribution in [0.25, 0.3) is 0 Å². The number of nitrogens with one attached hydrogen (secondary N) is 2. The van der Waals surface area contributed by atoms with Gasteiger partial charge in [-0.15, -0.1) is 6.58 Å². The predicted octanol–water partition coefficient (Wildman–Crippen LogP) is 2.33. The molecule has 10 heteroatoms. The number of rotatable bonds is 8. The minimum Gasteiger partial charge on any atom is -0.497 e. The van der Waals surface area contributed by atoms with Crippen molar-refractivity contribution >= 4 is 29.0 Å². The second kappa shape index (κ2) is 7.81. The van der Waals surface area contributed by atoms with Crippen LogP contribution in [0.5, 0.6) is 11.5 Å². The van der Waals surface area contributed by atoms with Crippen molar-refractivity contribution in [2.75, 3.05) is 37.1 Å². The zero-order valence-electron chi connectivity index (χ0n) is 13.8. The molecule has 25 heavy (non-hydrogen) atoms. The maximum absolute atomic E-state index is 11.3. The summed E-state index contributed by atoms with van der Waals surface area (Å²) in [5, 5.41) is 17.1. The zero-order chi connectivity index (χ0) is 18.4. The molecule has 1 aromatic carbocycles. The number of aromatic nitrogens is 2. The first-order valence-electron chi connectivity index (χ1n) is 7.15. The summed E-state index contributed by atoms with van der Waals surface area (Å²) in [5.74, 6) is 0.782. The lowest BCUT2D eigenvalue weighted by atomic mass is 10.2. The number of anilines is 4. The van der Waals surface area contributed by atoms with Gasteiger partial charge in [0.15, 0.2) is 0 Å². The SMILES string of the molecule is C=CCNc1nc(N)c([N+](=O)[O-])c(Nc2cc(OC)ccc2OC)n1. The second-order valence-electron chi connectivity index (χ2n) is 4.75. The molecule has 0 bridgehead atoms. The summed E-state index contributed by atoms with van der Waals surface area (Å²) in [6.07, 6.45) is 1.60. The second-order valence-corrected chi connectivity index (χ2v) is 4.75. The van der Waals surface area contributed by atoms with Gasteiger partial charge in [0.2, 0.25) is 17.6 Å². The first kappa shape index (κ1) is 17.8. The van der Waals surface area contributed by atoms with E-state index in [-0.39, 0.29) is 17.6 Å². The van der Waals surface area contributed by atoms with Crippen LogP contribution in [0.1, 0.15) is 0 Å². The fourth-order valence-electron chi connectivity index (χ4n) is 2.02. The Morgan fingerprint density at radius 3 is 2.72 bits per heavy atom. The molecule has 0 aliphatic carbocycles. The van der Waals surface area contributed by atoms with Crippen LogP contribution in [0.3, 0.4) is 0 Å². The average molecular weight is 346 g/mol. The molecular weight excluding hydrogens is 328 g/mol. The fourth-order valence-corrected chi connectivity index (χ4v) is 2.02. The van der Waals surface area contributed by atoms with Gasteiger partial charge >= 0.3 is 5.69 Å². The molecule has 0 atom stereocenters. The monoisotopic (exact) mass is 346 g/mol. The molecule has 2 rings (SSSR count). The summed E-state index contributed by atoms with van der Waals surface area (Å²) in [6.45, 7) is 3.95. The van der Waals surface area contributed by atoms with Crippen LogP contribution in [0.4, 0.5) is 29.0 Å². The Balaban J connectivity index is 2.51. The van der Waals surface area contributed by atoms with E-state index in [1.165, 1.54) is 14.2 Å². The van der Waals surface area contributed by atoms with Gasteiger partial charge in [-0.2, -0.15) is 9.97 Å². The van der Waals surface area contributed by atoms with Gasteiger partial charge in [-0.1, -0.05) is 6.08 Å². The molecule has 0 aliphatic heterocycles. The molecule has 0 radical (unpaired) electrons. The first-order valence-corrected chi connectivity index (χ1v) is 7.15. The molecule has 10 nitrogen and oxygen atoms in total. The van der Waals surface area contributed by atoms with E-state index in [0.717, 1.165) is 0 Å². The maximum atomic E-state index is 11.3. The van der Waals surface area contributed by atoms with Gasteiger partial charge in [0.05, 0.1) is 24.8 Å². The predicted molar refractivity (Wildman–Crippen MR) is 94.6 cm³/mol. The van der Waals surface area contributed by atoms with Crippen molar-refractivity contribution in [3.8, 4) is 11.5 Å². The fraction of sp³-hybridized carbons (Fsp3) is 0.200. The van der Waals surface area contributed by atoms with Crippen molar-refractivity contribution in [2.24, 2.45) is 0 Å². The molecule has 2 aromatic rings. The number of methoxy groups -OCH3 is 2. The Kier molecular flexibility index (Phi) is 5.56. The summed E-state index contributed by atoms with van der Waals surface area (Å²) in [7, 11) is 2.99. The van der Waals surface area contributed by atoms with E-state index in [1.54, 1.807) is 24.3 Å². The Morgan fingerprint density at radius 2 is 2.12 bits per heavy atom. The number of nitrogens with zero attached hydrogens (tertiary/aromatic N) is 3. The molecule has 132 valence electrons. The van der Waals surface area contributed by atoms with Crippen LogP contribution in [-0.2, 0) is 0 Å². The normalized spacial score (nSPS) is 10.0. The number of ether oxygens (including phenoxy) is 2. The van der Waals surface area contributed by atoms with E-state index in [2.05, 4.69) is 27.2 Å². The molecule has 0 saturated heterocycles. The van der Waals surface area contributed by atoms with Gasteiger partial charge in [-0.3, -0.25) is 10.1 Å². The number of nitro groups is 1. The van der Waals surface area contributed by atoms with Crippen LogP contribution in [-0.4, -0.2) is 35.7 Å². The lowest BCUT2D eigenvalue weighted by Gasteiger charge is -2.13. The highest BCUT2D eigenvalue weighted by molar-refractivity contribution is 5.77. The summed E-state index contributed by atoms with van der Waals surface area (Å²) in [4.78, 5) is 18.7. The third kappa shape index (κ3) is 4.05. The van der Waals surface area contributed by atoms with Gasteiger partial charge in [0.25, 0.3) is 0 Å². The smallest absolute Gasteiger partial charge is 0.353 e. The lowest BCUT2D eigenvalue weighted by molar-refractivity contribution is -0.383. The molecule has 1 aromatic heterocycles. The number of hydrogen-bond acceptors (Lipinski definition) is 9. The van der Waals surface area contributed by atoms with Crippen molar-refractivity contribution in [3.63, 3.8) is 0 Å². The third-order valence-electron chi connectivity index (χ3n) is 3.16. The van der Waals surface area contributed by atoms with Crippen molar-refractivity contribution in [2.45, 2.75) is 0 Å². The molecule has 4 N–H and O–H groups in total. The van der Waals surface area contributed by atoms with Gasteiger partial charge < -0.3 is 25.8 Å². The molecular formula is C15H18N6O4.